The standard InChI is InChI=1S/C17H13N3O2/c1-2-22-17(21)15-11-20-10-14(12-6-4-3-5-7-12)8-13(9-18)16(20)19-15/h3-8,10-11H,2H2,1H3. The zero-order chi connectivity index (χ0) is 15.5. The minimum Gasteiger partial charge on any atom is -0.461 e. The van der Waals surface area contributed by atoms with Crippen molar-refractivity contribution in [1.82, 2.24) is 9.38 Å². The van der Waals surface area contributed by atoms with Crippen molar-refractivity contribution in [2.75, 3.05) is 6.61 Å². The second-order valence-corrected chi connectivity index (χ2v) is 4.70. The Bertz CT molecular complexity index is 876. The summed E-state index contributed by atoms with van der Waals surface area (Å²) < 4.78 is 6.64. The summed E-state index contributed by atoms with van der Waals surface area (Å²) in [5, 5.41) is 9.34. The monoisotopic (exact) mass is 291 g/mol. The molecular formula is C17H13N3O2. The lowest BCUT2D eigenvalue weighted by Gasteiger charge is -2.04. The predicted octanol–water partition coefficient (Wildman–Crippen LogP) is 3.05. The van der Waals surface area contributed by atoms with E-state index in [0.717, 1.165) is 11.1 Å². The molecule has 0 aliphatic heterocycles. The summed E-state index contributed by atoms with van der Waals surface area (Å²) in [5.74, 6) is -0.489. The molecule has 0 radical (unpaired) electrons. The van der Waals surface area contributed by atoms with Crippen LogP contribution >= 0.6 is 0 Å². The Morgan fingerprint density at radius 1 is 1.27 bits per heavy atom. The maximum atomic E-state index is 11.8. The quantitative estimate of drug-likeness (QED) is 0.695. The summed E-state index contributed by atoms with van der Waals surface area (Å²) in [6.45, 7) is 2.02. The number of imidazole rings is 1. The Hall–Kier alpha value is -3.13. The van der Waals surface area contributed by atoms with Gasteiger partial charge in [0, 0.05) is 12.4 Å². The fourth-order valence-electron chi connectivity index (χ4n) is 2.27. The van der Waals surface area contributed by atoms with Crippen LogP contribution in [0.5, 0.6) is 0 Å². The van der Waals surface area contributed by atoms with Crippen molar-refractivity contribution >= 4 is 11.6 Å². The molecule has 2 heterocycles. The molecule has 0 aliphatic carbocycles. The minimum atomic E-state index is -0.489. The normalized spacial score (nSPS) is 10.4. The molecule has 0 atom stereocenters. The highest BCUT2D eigenvalue weighted by molar-refractivity contribution is 5.88. The number of rotatable bonds is 3. The SMILES string of the molecule is CCOC(=O)c1cn2cc(-c3ccccc3)cc(C#N)c2n1. The summed E-state index contributed by atoms with van der Waals surface area (Å²) in [4.78, 5) is 16.0. The van der Waals surface area contributed by atoms with E-state index in [2.05, 4.69) is 11.1 Å². The lowest BCUT2D eigenvalue weighted by molar-refractivity contribution is 0.0520. The molecule has 1 aromatic carbocycles. The van der Waals surface area contributed by atoms with Crippen molar-refractivity contribution in [3.05, 3.63) is 60.0 Å². The largest absolute Gasteiger partial charge is 0.461 e. The number of ether oxygens (including phenoxy) is 1. The summed E-state index contributed by atoms with van der Waals surface area (Å²) in [6, 6.07) is 13.6. The molecule has 0 N–H and O–H groups in total. The zero-order valence-corrected chi connectivity index (χ0v) is 12.0. The number of hydrogen-bond donors (Lipinski definition) is 0. The number of pyridine rings is 1. The highest BCUT2D eigenvalue weighted by Gasteiger charge is 2.15. The van der Waals surface area contributed by atoms with Crippen molar-refractivity contribution in [3.8, 4) is 17.2 Å². The van der Waals surface area contributed by atoms with E-state index in [-0.39, 0.29) is 12.3 Å². The van der Waals surface area contributed by atoms with E-state index in [0.29, 0.717) is 11.2 Å². The molecule has 0 saturated heterocycles. The Morgan fingerprint density at radius 2 is 2.05 bits per heavy atom. The molecule has 2 aromatic heterocycles. The Morgan fingerprint density at radius 3 is 2.73 bits per heavy atom. The van der Waals surface area contributed by atoms with E-state index >= 15 is 0 Å². The number of nitrogens with zero attached hydrogens (tertiary/aromatic N) is 3. The molecular weight excluding hydrogens is 278 g/mol. The van der Waals surface area contributed by atoms with Crippen LogP contribution in [-0.2, 0) is 4.74 Å². The number of nitriles is 1. The molecule has 0 unspecified atom stereocenters. The Kier molecular flexibility index (Phi) is 3.58. The molecule has 0 bridgehead atoms. The first-order valence-corrected chi connectivity index (χ1v) is 6.88. The molecule has 0 spiro atoms. The third kappa shape index (κ3) is 2.42. The average Bonchev–Trinajstić information content (AvgIpc) is 2.99. The van der Waals surface area contributed by atoms with Gasteiger partial charge in [-0.1, -0.05) is 30.3 Å². The van der Waals surface area contributed by atoms with Crippen LogP contribution in [-0.4, -0.2) is 22.0 Å². The molecule has 3 aromatic rings. The van der Waals surface area contributed by atoms with Gasteiger partial charge in [-0.05, 0) is 24.1 Å². The van der Waals surface area contributed by atoms with Crippen molar-refractivity contribution in [2.45, 2.75) is 6.92 Å². The summed E-state index contributed by atoms with van der Waals surface area (Å²) in [6.07, 6.45) is 3.43. The minimum absolute atomic E-state index is 0.198. The lowest BCUT2D eigenvalue weighted by Crippen LogP contribution is -2.04. The van der Waals surface area contributed by atoms with Gasteiger partial charge in [0.25, 0.3) is 0 Å². The van der Waals surface area contributed by atoms with E-state index < -0.39 is 5.97 Å². The van der Waals surface area contributed by atoms with Crippen molar-refractivity contribution in [1.29, 1.82) is 5.26 Å². The van der Waals surface area contributed by atoms with Gasteiger partial charge in [0.15, 0.2) is 11.3 Å². The number of carbonyl (C=O) groups is 1. The number of esters is 1. The Labute approximate surface area is 127 Å². The highest BCUT2D eigenvalue weighted by atomic mass is 16.5. The first kappa shape index (κ1) is 13.8. The average molecular weight is 291 g/mol. The maximum absolute atomic E-state index is 11.8. The highest BCUT2D eigenvalue weighted by Crippen LogP contribution is 2.23. The van der Waals surface area contributed by atoms with E-state index in [1.54, 1.807) is 23.6 Å². The van der Waals surface area contributed by atoms with Crippen LogP contribution in [0.25, 0.3) is 16.8 Å². The van der Waals surface area contributed by atoms with Gasteiger partial charge in [-0.3, -0.25) is 0 Å². The molecule has 0 saturated carbocycles. The van der Waals surface area contributed by atoms with Crippen LogP contribution in [0.1, 0.15) is 23.0 Å². The molecule has 0 fully saturated rings. The molecule has 5 heteroatoms. The van der Waals surface area contributed by atoms with Gasteiger partial charge < -0.3 is 9.14 Å². The van der Waals surface area contributed by atoms with Crippen LogP contribution in [0.4, 0.5) is 0 Å². The first-order chi connectivity index (χ1) is 10.7. The lowest BCUT2D eigenvalue weighted by atomic mass is 10.1. The number of hydrogen-bond acceptors (Lipinski definition) is 4. The van der Waals surface area contributed by atoms with Gasteiger partial charge in [0.2, 0.25) is 0 Å². The molecule has 22 heavy (non-hydrogen) atoms. The zero-order valence-electron chi connectivity index (χ0n) is 12.0. The van der Waals surface area contributed by atoms with Gasteiger partial charge >= 0.3 is 5.97 Å². The second kappa shape index (κ2) is 5.70. The van der Waals surface area contributed by atoms with Crippen LogP contribution < -0.4 is 0 Å². The van der Waals surface area contributed by atoms with Gasteiger partial charge in [-0.2, -0.15) is 5.26 Å². The first-order valence-electron chi connectivity index (χ1n) is 6.88. The van der Waals surface area contributed by atoms with E-state index in [1.165, 1.54) is 0 Å². The second-order valence-electron chi connectivity index (χ2n) is 4.70. The van der Waals surface area contributed by atoms with E-state index in [9.17, 15) is 10.1 Å². The number of fused-ring (bicyclic) bond motifs is 1. The Balaban J connectivity index is 2.16. The van der Waals surface area contributed by atoms with Crippen LogP contribution in [0.3, 0.4) is 0 Å². The van der Waals surface area contributed by atoms with Crippen LogP contribution in [0.2, 0.25) is 0 Å². The van der Waals surface area contributed by atoms with E-state index in [4.69, 9.17) is 4.74 Å². The predicted molar refractivity (Wildman–Crippen MR) is 81.3 cm³/mol. The smallest absolute Gasteiger partial charge is 0.358 e. The van der Waals surface area contributed by atoms with Crippen LogP contribution in [0, 0.1) is 11.3 Å². The summed E-state index contributed by atoms with van der Waals surface area (Å²) in [5.41, 5.74) is 2.94. The van der Waals surface area contributed by atoms with Gasteiger partial charge in [-0.25, -0.2) is 9.78 Å². The summed E-state index contributed by atoms with van der Waals surface area (Å²) in [7, 11) is 0. The van der Waals surface area contributed by atoms with Crippen molar-refractivity contribution < 1.29 is 9.53 Å². The fourth-order valence-corrected chi connectivity index (χ4v) is 2.27. The third-order valence-corrected chi connectivity index (χ3v) is 3.26. The molecule has 5 nitrogen and oxygen atoms in total. The fraction of sp³-hybridized carbons (Fsp3) is 0.118. The summed E-state index contributed by atoms with van der Waals surface area (Å²) >= 11 is 0. The van der Waals surface area contributed by atoms with Crippen molar-refractivity contribution in [3.63, 3.8) is 0 Å². The molecule has 108 valence electrons. The molecule has 0 amide bonds. The van der Waals surface area contributed by atoms with Crippen LogP contribution in [0.15, 0.2) is 48.8 Å². The van der Waals surface area contributed by atoms with E-state index in [1.807, 2.05) is 36.5 Å². The maximum Gasteiger partial charge on any atom is 0.358 e. The van der Waals surface area contributed by atoms with Gasteiger partial charge in [0.05, 0.1) is 12.2 Å². The number of benzene rings is 1. The number of aromatic nitrogens is 2. The molecule has 0 aliphatic rings. The third-order valence-electron chi connectivity index (χ3n) is 3.26. The van der Waals surface area contributed by atoms with Gasteiger partial charge in [-0.15, -0.1) is 0 Å². The topological polar surface area (TPSA) is 67.4 Å². The number of carbonyl (C=O) groups excluding carboxylic acids is 1. The van der Waals surface area contributed by atoms with Gasteiger partial charge in [0.1, 0.15) is 6.07 Å². The molecule has 3 rings (SSSR count). The van der Waals surface area contributed by atoms with Crippen molar-refractivity contribution in [2.24, 2.45) is 0 Å².